The highest BCUT2D eigenvalue weighted by Gasteiger charge is 2.15. The van der Waals surface area contributed by atoms with Gasteiger partial charge in [0.1, 0.15) is 5.76 Å². The summed E-state index contributed by atoms with van der Waals surface area (Å²) in [6, 6.07) is 1.70. The molecule has 0 saturated heterocycles. The van der Waals surface area contributed by atoms with Crippen LogP contribution in [0, 0.1) is 6.92 Å². The fraction of sp³-hybridized carbons (Fsp3) is 0.538. The Hall–Kier alpha value is -1.98. The number of amides is 2. The van der Waals surface area contributed by atoms with Gasteiger partial charge in [0.25, 0.3) is 0 Å². The fourth-order valence-corrected chi connectivity index (χ4v) is 1.75. The predicted octanol–water partition coefficient (Wildman–Crippen LogP) is 1.94. The lowest BCUT2D eigenvalue weighted by atomic mass is 10.2. The first kappa shape index (κ1) is 15.1. The minimum atomic E-state index is -0.844. The van der Waals surface area contributed by atoms with Crippen LogP contribution in [0.3, 0.4) is 0 Å². The van der Waals surface area contributed by atoms with Gasteiger partial charge >= 0.3 is 12.0 Å². The summed E-state index contributed by atoms with van der Waals surface area (Å²) in [6.45, 7) is 2.76. The highest BCUT2D eigenvalue weighted by atomic mass is 16.4. The minimum Gasteiger partial charge on any atom is -0.481 e. The molecule has 0 aliphatic heterocycles. The second kappa shape index (κ2) is 6.82. The number of nitrogens with zero attached hydrogens (tertiary/aromatic N) is 2. The maximum absolute atomic E-state index is 12.0. The van der Waals surface area contributed by atoms with Crippen molar-refractivity contribution in [2.24, 2.45) is 0 Å². The van der Waals surface area contributed by atoms with E-state index in [4.69, 9.17) is 9.52 Å². The van der Waals surface area contributed by atoms with Crippen LogP contribution in [-0.2, 0) is 11.3 Å². The Bertz CT molecular complexity index is 442. The monoisotopic (exact) mass is 268 g/mol. The van der Waals surface area contributed by atoms with Gasteiger partial charge in [-0.2, -0.15) is 0 Å². The van der Waals surface area contributed by atoms with E-state index < -0.39 is 5.97 Å². The van der Waals surface area contributed by atoms with Crippen LogP contribution in [-0.4, -0.2) is 47.5 Å². The summed E-state index contributed by atoms with van der Waals surface area (Å²) >= 11 is 0. The molecule has 6 nitrogen and oxygen atoms in total. The van der Waals surface area contributed by atoms with Gasteiger partial charge in [-0.3, -0.25) is 4.79 Å². The van der Waals surface area contributed by atoms with Crippen LogP contribution in [0.2, 0.25) is 0 Å². The number of hydrogen-bond acceptors (Lipinski definition) is 3. The van der Waals surface area contributed by atoms with Gasteiger partial charge in [-0.1, -0.05) is 0 Å². The molecule has 0 spiro atoms. The zero-order valence-electron chi connectivity index (χ0n) is 11.5. The van der Waals surface area contributed by atoms with Crippen molar-refractivity contribution in [3.63, 3.8) is 0 Å². The molecule has 0 bridgehead atoms. The smallest absolute Gasteiger partial charge is 0.319 e. The van der Waals surface area contributed by atoms with E-state index in [9.17, 15) is 9.59 Å². The van der Waals surface area contributed by atoms with Crippen molar-refractivity contribution in [3.05, 3.63) is 23.7 Å². The number of carboxylic acids is 1. The first-order chi connectivity index (χ1) is 8.91. The first-order valence-corrected chi connectivity index (χ1v) is 6.12. The van der Waals surface area contributed by atoms with Gasteiger partial charge in [0.15, 0.2) is 0 Å². The molecule has 0 aliphatic carbocycles. The Morgan fingerprint density at radius 2 is 2.00 bits per heavy atom. The molecular formula is C13H20N2O4. The summed E-state index contributed by atoms with van der Waals surface area (Å²) < 4.78 is 5.18. The van der Waals surface area contributed by atoms with Crippen LogP contribution in [0.25, 0.3) is 0 Å². The van der Waals surface area contributed by atoms with E-state index in [0.29, 0.717) is 19.5 Å². The Morgan fingerprint density at radius 1 is 1.32 bits per heavy atom. The molecule has 0 atom stereocenters. The number of urea groups is 1. The van der Waals surface area contributed by atoms with Crippen molar-refractivity contribution >= 4 is 12.0 Å². The summed E-state index contributed by atoms with van der Waals surface area (Å²) in [5.41, 5.74) is 0.967. The molecule has 0 unspecified atom stereocenters. The van der Waals surface area contributed by atoms with Crippen LogP contribution < -0.4 is 0 Å². The number of rotatable bonds is 6. The number of furan rings is 1. The number of hydrogen-bond donors (Lipinski definition) is 1. The zero-order valence-corrected chi connectivity index (χ0v) is 11.5. The highest BCUT2D eigenvalue weighted by Crippen LogP contribution is 2.12. The Kier molecular flexibility index (Phi) is 5.41. The van der Waals surface area contributed by atoms with Crippen molar-refractivity contribution < 1.29 is 19.1 Å². The number of aliphatic carboxylic acids is 1. The van der Waals surface area contributed by atoms with E-state index in [1.807, 2.05) is 13.0 Å². The van der Waals surface area contributed by atoms with Gasteiger partial charge in [0.2, 0.25) is 0 Å². The topological polar surface area (TPSA) is 74.0 Å². The van der Waals surface area contributed by atoms with E-state index in [2.05, 4.69) is 0 Å². The Labute approximate surface area is 112 Å². The quantitative estimate of drug-likeness (QED) is 0.855. The van der Waals surface area contributed by atoms with Gasteiger partial charge in [-0.25, -0.2) is 4.79 Å². The largest absolute Gasteiger partial charge is 0.481 e. The molecule has 0 aliphatic rings. The molecule has 0 saturated carbocycles. The third-order valence-electron chi connectivity index (χ3n) is 2.91. The molecule has 1 heterocycles. The van der Waals surface area contributed by atoms with Crippen molar-refractivity contribution in [2.75, 3.05) is 20.6 Å². The standard InChI is InChI=1S/C13H20N2O4/c1-10-11(6-8-19-10)9-15(3)13(18)14(2)7-4-5-12(16)17/h6,8H,4-5,7,9H2,1-3H3,(H,16,17). The summed E-state index contributed by atoms with van der Waals surface area (Å²) in [6.07, 6.45) is 2.12. The maximum atomic E-state index is 12.0. The minimum absolute atomic E-state index is 0.0716. The van der Waals surface area contributed by atoms with Crippen molar-refractivity contribution in [2.45, 2.75) is 26.3 Å². The lowest BCUT2D eigenvalue weighted by Crippen LogP contribution is -2.39. The Morgan fingerprint density at radius 3 is 2.53 bits per heavy atom. The zero-order chi connectivity index (χ0) is 14.4. The lowest BCUT2D eigenvalue weighted by Gasteiger charge is -2.24. The van der Waals surface area contributed by atoms with Crippen LogP contribution >= 0.6 is 0 Å². The second-order valence-electron chi connectivity index (χ2n) is 4.56. The molecule has 1 rings (SSSR count). The van der Waals surface area contributed by atoms with Gasteiger partial charge in [0.05, 0.1) is 12.8 Å². The highest BCUT2D eigenvalue weighted by molar-refractivity contribution is 5.74. The van der Waals surface area contributed by atoms with Crippen LogP contribution in [0.5, 0.6) is 0 Å². The molecule has 1 aromatic heterocycles. The van der Waals surface area contributed by atoms with E-state index in [0.717, 1.165) is 11.3 Å². The lowest BCUT2D eigenvalue weighted by molar-refractivity contribution is -0.137. The molecule has 0 fully saturated rings. The summed E-state index contributed by atoms with van der Waals surface area (Å²) in [7, 11) is 3.38. The van der Waals surface area contributed by atoms with E-state index in [1.54, 1.807) is 25.3 Å². The first-order valence-electron chi connectivity index (χ1n) is 6.12. The predicted molar refractivity (Wildman–Crippen MR) is 69.8 cm³/mol. The molecule has 1 aromatic rings. The third-order valence-corrected chi connectivity index (χ3v) is 2.91. The average molecular weight is 268 g/mol. The Balaban J connectivity index is 2.43. The summed E-state index contributed by atoms with van der Waals surface area (Å²) in [5.74, 6) is -0.0450. The van der Waals surface area contributed by atoms with Crippen molar-refractivity contribution in [1.29, 1.82) is 0 Å². The molecule has 1 N–H and O–H groups in total. The number of carbonyl (C=O) groups excluding carboxylic acids is 1. The van der Waals surface area contributed by atoms with Gasteiger partial charge < -0.3 is 19.3 Å². The molecule has 19 heavy (non-hydrogen) atoms. The molecule has 0 radical (unpaired) electrons. The SMILES string of the molecule is Cc1occc1CN(C)C(=O)N(C)CCCC(=O)O. The number of carboxylic acid groups (broad SMARTS) is 1. The second-order valence-corrected chi connectivity index (χ2v) is 4.56. The molecular weight excluding hydrogens is 248 g/mol. The van der Waals surface area contributed by atoms with Crippen molar-refractivity contribution in [3.8, 4) is 0 Å². The van der Waals surface area contributed by atoms with E-state index >= 15 is 0 Å². The van der Waals surface area contributed by atoms with Gasteiger partial charge in [-0.15, -0.1) is 0 Å². The van der Waals surface area contributed by atoms with Gasteiger partial charge in [-0.05, 0) is 19.4 Å². The van der Waals surface area contributed by atoms with Crippen molar-refractivity contribution in [1.82, 2.24) is 9.80 Å². The van der Waals surface area contributed by atoms with E-state index in [-0.39, 0.29) is 12.5 Å². The molecule has 6 heteroatoms. The van der Waals surface area contributed by atoms with Crippen LogP contribution in [0.4, 0.5) is 4.79 Å². The van der Waals surface area contributed by atoms with Crippen LogP contribution in [0.1, 0.15) is 24.2 Å². The number of carbonyl (C=O) groups is 2. The molecule has 0 aromatic carbocycles. The normalized spacial score (nSPS) is 10.3. The third kappa shape index (κ3) is 4.65. The van der Waals surface area contributed by atoms with Gasteiger partial charge in [0, 0.05) is 32.6 Å². The molecule has 2 amide bonds. The average Bonchev–Trinajstić information content (AvgIpc) is 2.73. The summed E-state index contributed by atoms with van der Waals surface area (Å²) in [4.78, 5) is 25.5. The number of aryl methyl sites for hydroxylation is 1. The molecule has 106 valence electrons. The fourth-order valence-electron chi connectivity index (χ4n) is 1.75. The van der Waals surface area contributed by atoms with E-state index in [1.165, 1.54) is 4.90 Å². The summed E-state index contributed by atoms with van der Waals surface area (Å²) in [5, 5.41) is 8.55. The maximum Gasteiger partial charge on any atom is 0.319 e. The van der Waals surface area contributed by atoms with Crippen LogP contribution in [0.15, 0.2) is 16.7 Å².